The van der Waals surface area contributed by atoms with E-state index in [0.717, 1.165) is 42.8 Å². The van der Waals surface area contributed by atoms with E-state index in [9.17, 15) is 9.59 Å². The number of amides is 2. The molecule has 1 aromatic carbocycles. The number of fused-ring (bicyclic) bond motifs is 1. The topological polar surface area (TPSA) is 65.2 Å². The summed E-state index contributed by atoms with van der Waals surface area (Å²) in [4.78, 5) is 30.2. The molecule has 130 valence electrons. The standard InChI is InChI=1S/C20H23N3O2/c24-19(23-12-4-8-18(23)17-7-3-11-21-17)10-9-15-13-14-5-1-2-6-16(14)22-20(15)25/h1-3,5-7,11,15,18,21H,4,8-10,12-13H2,(H,22,25)/t15-,18-/m0/s1. The number of nitrogens with one attached hydrogen (secondary N) is 2. The average molecular weight is 337 g/mol. The van der Waals surface area contributed by atoms with Crippen LogP contribution in [0.5, 0.6) is 0 Å². The number of H-pyrrole nitrogens is 1. The van der Waals surface area contributed by atoms with Gasteiger partial charge in [0.15, 0.2) is 0 Å². The molecule has 5 nitrogen and oxygen atoms in total. The van der Waals surface area contributed by atoms with Crippen LogP contribution in [0.4, 0.5) is 5.69 Å². The molecule has 0 spiro atoms. The third-order valence-electron chi connectivity index (χ3n) is 5.37. The minimum absolute atomic E-state index is 0.0360. The SMILES string of the molecule is O=C1Nc2ccccc2C[C@@H]1CCC(=O)N1CCC[C@H]1c1ccc[nH]1. The first-order chi connectivity index (χ1) is 12.2. The molecule has 1 saturated heterocycles. The lowest BCUT2D eigenvalue weighted by Crippen LogP contribution is -2.33. The van der Waals surface area contributed by atoms with Crippen LogP contribution < -0.4 is 5.32 Å². The maximum atomic E-state index is 12.7. The van der Waals surface area contributed by atoms with E-state index in [4.69, 9.17) is 0 Å². The van der Waals surface area contributed by atoms with Crippen LogP contribution in [0.2, 0.25) is 0 Å². The van der Waals surface area contributed by atoms with Crippen molar-refractivity contribution in [3.05, 3.63) is 53.9 Å². The van der Waals surface area contributed by atoms with Crippen LogP contribution in [-0.4, -0.2) is 28.2 Å². The van der Waals surface area contributed by atoms with E-state index in [2.05, 4.69) is 10.3 Å². The zero-order valence-corrected chi connectivity index (χ0v) is 14.2. The zero-order valence-electron chi connectivity index (χ0n) is 14.2. The van der Waals surface area contributed by atoms with Gasteiger partial charge in [-0.1, -0.05) is 18.2 Å². The third kappa shape index (κ3) is 3.18. The van der Waals surface area contributed by atoms with E-state index in [1.54, 1.807) is 0 Å². The molecule has 2 aromatic rings. The monoisotopic (exact) mass is 337 g/mol. The first kappa shape index (κ1) is 15.9. The summed E-state index contributed by atoms with van der Waals surface area (Å²) in [5.41, 5.74) is 3.17. The Balaban J connectivity index is 1.38. The van der Waals surface area contributed by atoms with E-state index < -0.39 is 0 Å². The average Bonchev–Trinajstić information content (AvgIpc) is 3.30. The van der Waals surface area contributed by atoms with E-state index in [-0.39, 0.29) is 23.8 Å². The van der Waals surface area contributed by atoms with Crippen LogP contribution in [0.25, 0.3) is 0 Å². The van der Waals surface area contributed by atoms with Crippen LogP contribution in [0.15, 0.2) is 42.6 Å². The maximum absolute atomic E-state index is 12.7. The smallest absolute Gasteiger partial charge is 0.227 e. The Bertz CT molecular complexity index is 769. The molecule has 2 N–H and O–H groups in total. The summed E-state index contributed by atoms with van der Waals surface area (Å²) >= 11 is 0. The van der Waals surface area contributed by atoms with Gasteiger partial charge in [0.1, 0.15) is 0 Å². The van der Waals surface area contributed by atoms with Crippen LogP contribution in [0, 0.1) is 5.92 Å². The van der Waals surface area contributed by atoms with Crippen LogP contribution in [-0.2, 0) is 16.0 Å². The molecule has 2 aliphatic heterocycles. The van der Waals surface area contributed by atoms with Crippen molar-refractivity contribution in [2.75, 3.05) is 11.9 Å². The lowest BCUT2D eigenvalue weighted by atomic mass is 9.89. The van der Waals surface area contributed by atoms with Crippen LogP contribution in [0.1, 0.15) is 43.0 Å². The fourth-order valence-corrected chi connectivity index (χ4v) is 4.03. The number of hydrogen-bond acceptors (Lipinski definition) is 2. The predicted octanol–water partition coefficient (Wildman–Crippen LogP) is 3.27. The minimum Gasteiger partial charge on any atom is -0.363 e. The largest absolute Gasteiger partial charge is 0.363 e. The fraction of sp³-hybridized carbons (Fsp3) is 0.400. The Labute approximate surface area is 147 Å². The van der Waals surface area contributed by atoms with Crippen molar-refractivity contribution in [1.29, 1.82) is 0 Å². The molecule has 2 aliphatic rings. The predicted molar refractivity (Wildman–Crippen MR) is 96.0 cm³/mol. The van der Waals surface area contributed by atoms with Gasteiger partial charge in [-0.3, -0.25) is 9.59 Å². The summed E-state index contributed by atoms with van der Waals surface area (Å²) in [6.07, 6.45) is 5.69. The lowest BCUT2D eigenvalue weighted by Gasteiger charge is -2.27. The number of rotatable bonds is 4. The van der Waals surface area contributed by atoms with Gasteiger partial charge in [-0.15, -0.1) is 0 Å². The summed E-state index contributed by atoms with van der Waals surface area (Å²) in [6, 6.07) is 12.1. The molecule has 1 aromatic heterocycles. The van der Waals surface area contributed by atoms with Crippen molar-refractivity contribution in [3.63, 3.8) is 0 Å². The Morgan fingerprint density at radius 3 is 2.92 bits per heavy atom. The van der Waals surface area contributed by atoms with E-state index >= 15 is 0 Å². The molecule has 0 aliphatic carbocycles. The number of carbonyl (C=O) groups excluding carboxylic acids is 2. The molecule has 0 bridgehead atoms. The number of nitrogens with zero attached hydrogens (tertiary/aromatic N) is 1. The van der Waals surface area contributed by atoms with Crippen molar-refractivity contribution < 1.29 is 9.59 Å². The molecule has 25 heavy (non-hydrogen) atoms. The van der Waals surface area contributed by atoms with Crippen molar-refractivity contribution >= 4 is 17.5 Å². The highest BCUT2D eigenvalue weighted by atomic mass is 16.2. The lowest BCUT2D eigenvalue weighted by molar-refractivity contribution is -0.132. The summed E-state index contributed by atoms with van der Waals surface area (Å²) in [5, 5.41) is 2.97. The summed E-state index contributed by atoms with van der Waals surface area (Å²) in [6.45, 7) is 0.808. The molecular formula is C20H23N3O2. The number of anilines is 1. The number of para-hydroxylation sites is 1. The Kier molecular flexibility index (Phi) is 4.30. The fourth-order valence-electron chi connectivity index (χ4n) is 4.03. The first-order valence-corrected chi connectivity index (χ1v) is 9.04. The van der Waals surface area contributed by atoms with Gasteiger partial charge in [0.25, 0.3) is 0 Å². The van der Waals surface area contributed by atoms with Gasteiger partial charge in [-0.25, -0.2) is 0 Å². The van der Waals surface area contributed by atoms with E-state index in [1.807, 2.05) is 47.5 Å². The molecular weight excluding hydrogens is 314 g/mol. The van der Waals surface area contributed by atoms with Crippen molar-refractivity contribution in [2.45, 2.75) is 38.1 Å². The molecule has 3 heterocycles. The van der Waals surface area contributed by atoms with Gasteiger partial charge >= 0.3 is 0 Å². The first-order valence-electron chi connectivity index (χ1n) is 9.04. The van der Waals surface area contributed by atoms with Gasteiger partial charge < -0.3 is 15.2 Å². The van der Waals surface area contributed by atoms with Gasteiger partial charge in [-0.2, -0.15) is 0 Å². The maximum Gasteiger partial charge on any atom is 0.227 e. The van der Waals surface area contributed by atoms with Crippen molar-refractivity contribution in [3.8, 4) is 0 Å². The second-order valence-corrected chi connectivity index (χ2v) is 6.96. The highest BCUT2D eigenvalue weighted by Crippen LogP contribution is 2.33. The molecule has 1 fully saturated rings. The number of aromatic nitrogens is 1. The highest BCUT2D eigenvalue weighted by Gasteiger charge is 2.32. The van der Waals surface area contributed by atoms with Crippen LogP contribution in [0.3, 0.4) is 0 Å². The number of likely N-dealkylation sites (tertiary alicyclic amines) is 1. The number of benzene rings is 1. The van der Waals surface area contributed by atoms with Gasteiger partial charge in [0.05, 0.1) is 6.04 Å². The summed E-state index contributed by atoms with van der Waals surface area (Å²) < 4.78 is 0. The van der Waals surface area contributed by atoms with E-state index in [1.165, 1.54) is 0 Å². The quantitative estimate of drug-likeness (QED) is 0.899. The number of carbonyl (C=O) groups is 2. The van der Waals surface area contributed by atoms with Crippen molar-refractivity contribution in [1.82, 2.24) is 9.88 Å². The van der Waals surface area contributed by atoms with Crippen LogP contribution >= 0.6 is 0 Å². The minimum atomic E-state index is -0.120. The normalized spacial score (nSPS) is 22.6. The summed E-state index contributed by atoms with van der Waals surface area (Å²) in [7, 11) is 0. The Hall–Kier alpha value is -2.56. The molecule has 2 amide bonds. The third-order valence-corrected chi connectivity index (χ3v) is 5.37. The second kappa shape index (κ2) is 6.75. The van der Waals surface area contributed by atoms with Gasteiger partial charge in [-0.05, 0) is 49.4 Å². The number of aromatic amines is 1. The Morgan fingerprint density at radius 1 is 1.20 bits per heavy atom. The second-order valence-electron chi connectivity index (χ2n) is 6.96. The zero-order chi connectivity index (χ0) is 17.2. The summed E-state index contributed by atoms with van der Waals surface area (Å²) in [5.74, 6) is 0.0722. The molecule has 0 unspecified atom stereocenters. The molecule has 4 rings (SSSR count). The highest BCUT2D eigenvalue weighted by molar-refractivity contribution is 5.96. The molecule has 2 atom stereocenters. The van der Waals surface area contributed by atoms with Gasteiger partial charge in [0, 0.05) is 36.5 Å². The molecule has 5 heteroatoms. The number of hydrogen-bond donors (Lipinski definition) is 2. The van der Waals surface area contributed by atoms with Crippen molar-refractivity contribution in [2.24, 2.45) is 5.92 Å². The van der Waals surface area contributed by atoms with E-state index in [0.29, 0.717) is 12.8 Å². The molecule has 0 saturated carbocycles. The Morgan fingerprint density at radius 2 is 2.08 bits per heavy atom. The van der Waals surface area contributed by atoms with Gasteiger partial charge in [0.2, 0.25) is 11.8 Å². The molecule has 0 radical (unpaired) electrons.